The lowest BCUT2D eigenvalue weighted by atomic mass is 9.95. The van der Waals surface area contributed by atoms with Gasteiger partial charge >= 0.3 is 11.9 Å². The van der Waals surface area contributed by atoms with Crippen LogP contribution in [0.15, 0.2) is 65.5 Å². The standard InChI is InChI=1S/C23H22N2O5/c1-4-30-22(27)15(2)25-21(26)19(23(28)29-3)18(16-11-7-5-8-12-16)20(24-25)17-13-9-6-10-14-17/h5-15H,4H2,1-3H3/t15-/m1/s1. The minimum Gasteiger partial charge on any atom is -0.465 e. The van der Waals surface area contributed by atoms with Gasteiger partial charge in [0.15, 0.2) is 6.04 Å². The third-order valence-electron chi connectivity index (χ3n) is 4.61. The van der Waals surface area contributed by atoms with Crippen molar-refractivity contribution in [3.63, 3.8) is 0 Å². The molecule has 0 saturated heterocycles. The average Bonchev–Trinajstić information content (AvgIpc) is 2.79. The molecule has 30 heavy (non-hydrogen) atoms. The molecule has 0 aliphatic rings. The van der Waals surface area contributed by atoms with Crippen LogP contribution in [0.2, 0.25) is 0 Å². The fraction of sp³-hybridized carbons (Fsp3) is 0.217. The van der Waals surface area contributed by atoms with Crippen LogP contribution in [-0.4, -0.2) is 35.4 Å². The SMILES string of the molecule is CCOC(=O)[C@@H](C)n1nc(-c2ccccc2)c(-c2ccccc2)c(C(=O)OC)c1=O. The van der Waals surface area contributed by atoms with E-state index in [1.807, 2.05) is 36.4 Å². The Bertz CT molecular complexity index is 1110. The molecule has 0 N–H and O–H groups in total. The summed E-state index contributed by atoms with van der Waals surface area (Å²) in [5, 5.41) is 4.50. The van der Waals surface area contributed by atoms with E-state index in [4.69, 9.17) is 9.47 Å². The monoisotopic (exact) mass is 406 g/mol. The third-order valence-corrected chi connectivity index (χ3v) is 4.61. The second kappa shape index (κ2) is 9.17. The number of aromatic nitrogens is 2. The van der Waals surface area contributed by atoms with E-state index >= 15 is 0 Å². The van der Waals surface area contributed by atoms with Crippen molar-refractivity contribution in [2.75, 3.05) is 13.7 Å². The van der Waals surface area contributed by atoms with Gasteiger partial charge in [0.1, 0.15) is 5.56 Å². The van der Waals surface area contributed by atoms with Crippen molar-refractivity contribution in [1.82, 2.24) is 9.78 Å². The summed E-state index contributed by atoms with van der Waals surface area (Å²) in [7, 11) is 1.21. The molecule has 2 aromatic carbocycles. The summed E-state index contributed by atoms with van der Waals surface area (Å²) in [6.45, 7) is 3.34. The summed E-state index contributed by atoms with van der Waals surface area (Å²) in [6.07, 6.45) is 0. The number of rotatable bonds is 6. The van der Waals surface area contributed by atoms with Crippen LogP contribution in [0.4, 0.5) is 0 Å². The van der Waals surface area contributed by atoms with Crippen LogP contribution in [0.5, 0.6) is 0 Å². The maximum Gasteiger partial charge on any atom is 0.344 e. The number of benzene rings is 2. The molecular weight excluding hydrogens is 384 g/mol. The van der Waals surface area contributed by atoms with Gasteiger partial charge in [0.05, 0.1) is 19.4 Å². The molecule has 0 fully saturated rings. The number of ether oxygens (including phenoxy) is 2. The summed E-state index contributed by atoms with van der Waals surface area (Å²) in [5.74, 6) is -1.42. The summed E-state index contributed by atoms with van der Waals surface area (Å²) in [4.78, 5) is 38.3. The zero-order valence-electron chi connectivity index (χ0n) is 17.0. The van der Waals surface area contributed by atoms with Gasteiger partial charge in [-0.3, -0.25) is 4.79 Å². The highest BCUT2D eigenvalue weighted by Crippen LogP contribution is 2.32. The van der Waals surface area contributed by atoms with Crippen LogP contribution >= 0.6 is 0 Å². The van der Waals surface area contributed by atoms with Crippen molar-refractivity contribution in [2.24, 2.45) is 0 Å². The molecule has 3 aromatic rings. The van der Waals surface area contributed by atoms with Gasteiger partial charge in [0.25, 0.3) is 5.56 Å². The second-order valence-electron chi connectivity index (χ2n) is 6.50. The molecule has 154 valence electrons. The zero-order valence-corrected chi connectivity index (χ0v) is 17.0. The molecular formula is C23H22N2O5. The molecule has 0 bridgehead atoms. The molecule has 0 aliphatic heterocycles. The molecule has 1 aromatic heterocycles. The summed E-state index contributed by atoms with van der Waals surface area (Å²) >= 11 is 0. The van der Waals surface area contributed by atoms with Crippen LogP contribution in [0, 0.1) is 0 Å². The van der Waals surface area contributed by atoms with Gasteiger partial charge in [-0.25, -0.2) is 14.3 Å². The normalized spacial score (nSPS) is 11.6. The van der Waals surface area contributed by atoms with Crippen molar-refractivity contribution in [3.05, 3.63) is 76.6 Å². The fourth-order valence-corrected chi connectivity index (χ4v) is 3.14. The maximum absolute atomic E-state index is 13.3. The van der Waals surface area contributed by atoms with E-state index in [9.17, 15) is 14.4 Å². The summed E-state index contributed by atoms with van der Waals surface area (Å²) < 4.78 is 10.9. The van der Waals surface area contributed by atoms with E-state index in [0.29, 0.717) is 22.4 Å². The number of esters is 2. The molecule has 0 amide bonds. The Morgan fingerprint density at radius 2 is 1.57 bits per heavy atom. The predicted octanol–water partition coefficient (Wildman–Crippen LogP) is 3.49. The van der Waals surface area contributed by atoms with Gasteiger partial charge in [0, 0.05) is 11.1 Å². The van der Waals surface area contributed by atoms with E-state index in [-0.39, 0.29) is 12.2 Å². The van der Waals surface area contributed by atoms with E-state index in [2.05, 4.69) is 5.10 Å². The summed E-state index contributed by atoms with van der Waals surface area (Å²) in [6, 6.07) is 17.1. The molecule has 7 heteroatoms. The van der Waals surface area contributed by atoms with Gasteiger partial charge < -0.3 is 9.47 Å². The lowest BCUT2D eigenvalue weighted by molar-refractivity contribution is -0.147. The summed E-state index contributed by atoms with van der Waals surface area (Å²) in [5.41, 5.74) is 1.15. The van der Waals surface area contributed by atoms with Gasteiger partial charge in [-0.2, -0.15) is 5.10 Å². The lowest BCUT2D eigenvalue weighted by Crippen LogP contribution is -2.36. The number of hydrogen-bond donors (Lipinski definition) is 0. The predicted molar refractivity (Wildman–Crippen MR) is 112 cm³/mol. The smallest absolute Gasteiger partial charge is 0.344 e. The van der Waals surface area contributed by atoms with Crippen molar-refractivity contribution in [2.45, 2.75) is 19.9 Å². The average molecular weight is 406 g/mol. The molecule has 0 saturated carbocycles. The Balaban J connectivity index is 2.41. The quantitative estimate of drug-likeness (QED) is 0.583. The fourth-order valence-electron chi connectivity index (χ4n) is 3.14. The van der Waals surface area contributed by atoms with Gasteiger partial charge in [-0.05, 0) is 19.4 Å². The first kappa shape index (κ1) is 21.0. The highest BCUT2D eigenvalue weighted by molar-refractivity contribution is 6.00. The van der Waals surface area contributed by atoms with Crippen LogP contribution in [0.1, 0.15) is 30.2 Å². The van der Waals surface area contributed by atoms with E-state index in [0.717, 1.165) is 4.68 Å². The van der Waals surface area contributed by atoms with Gasteiger partial charge in [0.2, 0.25) is 0 Å². The van der Waals surface area contributed by atoms with Gasteiger partial charge in [-0.1, -0.05) is 60.7 Å². The first-order chi connectivity index (χ1) is 14.5. The third kappa shape index (κ3) is 4.00. The first-order valence-corrected chi connectivity index (χ1v) is 9.52. The maximum atomic E-state index is 13.3. The van der Waals surface area contributed by atoms with Crippen LogP contribution in [0.25, 0.3) is 22.4 Å². The lowest BCUT2D eigenvalue weighted by Gasteiger charge is -2.19. The van der Waals surface area contributed by atoms with E-state index in [1.165, 1.54) is 14.0 Å². The highest BCUT2D eigenvalue weighted by atomic mass is 16.5. The van der Waals surface area contributed by atoms with Crippen molar-refractivity contribution in [3.8, 4) is 22.4 Å². The Hall–Kier alpha value is -3.74. The molecule has 0 radical (unpaired) electrons. The molecule has 0 aliphatic carbocycles. The Morgan fingerprint density at radius 1 is 1.00 bits per heavy atom. The van der Waals surface area contributed by atoms with E-state index < -0.39 is 23.5 Å². The number of carbonyl (C=O) groups is 2. The zero-order chi connectivity index (χ0) is 21.7. The van der Waals surface area contributed by atoms with Crippen LogP contribution in [0.3, 0.4) is 0 Å². The van der Waals surface area contributed by atoms with Crippen molar-refractivity contribution in [1.29, 1.82) is 0 Å². The highest BCUT2D eigenvalue weighted by Gasteiger charge is 2.29. The Labute approximate surface area is 173 Å². The molecule has 7 nitrogen and oxygen atoms in total. The largest absolute Gasteiger partial charge is 0.465 e. The number of hydrogen-bond acceptors (Lipinski definition) is 6. The van der Waals surface area contributed by atoms with Gasteiger partial charge in [-0.15, -0.1) is 0 Å². The Kier molecular flexibility index (Phi) is 6.41. The molecule has 1 atom stereocenters. The number of nitrogens with zero attached hydrogens (tertiary/aromatic N) is 2. The molecule has 3 rings (SSSR count). The number of carbonyl (C=O) groups excluding carboxylic acids is 2. The second-order valence-corrected chi connectivity index (χ2v) is 6.50. The first-order valence-electron chi connectivity index (χ1n) is 9.52. The minimum absolute atomic E-state index is 0.162. The van der Waals surface area contributed by atoms with Crippen molar-refractivity contribution < 1.29 is 19.1 Å². The van der Waals surface area contributed by atoms with Crippen LogP contribution in [-0.2, 0) is 14.3 Å². The molecule has 1 heterocycles. The number of methoxy groups -OCH3 is 1. The molecule has 0 unspecified atom stereocenters. The topological polar surface area (TPSA) is 87.5 Å². The van der Waals surface area contributed by atoms with E-state index in [1.54, 1.807) is 31.2 Å². The minimum atomic E-state index is -1.02. The molecule has 0 spiro atoms. The van der Waals surface area contributed by atoms with Crippen LogP contribution < -0.4 is 5.56 Å². The van der Waals surface area contributed by atoms with Crippen molar-refractivity contribution >= 4 is 11.9 Å². The Morgan fingerprint density at radius 3 is 2.10 bits per heavy atom.